The second-order valence-corrected chi connectivity index (χ2v) is 16.7. The second-order valence-electron chi connectivity index (χ2n) is 15.6. The Morgan fingerprint density at radius 2 is 1.25 bits per heavy atom. The maximum atomic E-state index is 6.74. The number of nitrogens with zero attached hydrogens (tertiary/aromatic N) is 3. The van der Waals surface area contributed by atoms with E-state index in [0.717, 1.165) is 61.1 Å². The first-order chi connectivity index (χ1) is 29.2. The second kappa shape index (κ2) is 12.6. The smallest absolute Gasteiger partial charge is 0.156 e. The van der Waals surface area contributed by atoms with Crippen LogP contribution in [0.3, 0.4) is 0 Å². The summed E-state index contributed by atoms with van der Waals surface area (Å²) in [7, 11) is 0. The largest absolute Gasteiger partial charge is 0.456 e. The van der Waals surface area contributed by atoms with Gasteiger partial charge in [0.15, 0.2) is 5.84 Å². The SMILES string of the molecule is c1ccc(C2CC(c3ccc4ccc5oc6cccc(-n7c8ccccc8c8cc9ccccc9cc87)c6c5c4c3)=NC(c3cccc4sc5ccccc5c34)=N2)cc1. The van der Waals surface area contributed by atoms with Crippen molar-refractivity contribution in [1.29, 1.82) is 0 Å². The Hall–Kier alpha value is -7.34. The van der Waals surface area contributed by atoms with Crippen LogP contribution >= 0.6 is 11.3 Å². The van der Waals surface area contributed by atoms with E-state index in [1.54, 1.807) is 0 Å². The van der Waals surface area contributed by atoms with E-state index in [1.807, 2.05) is 11.3 Å². The van der Waals surface area contributed by atoms with Gasteiger partial charge in [0.1, 0.15) is 11.2 Å². The Labute approximate surface area is 342 Å². The number of hydrogen-bond acceptors (Lipinski definition) is 4. The Morgan fingerprint density at radius 3 is 2.17 bits per heavy atom. The van der Waals surface area contributed by atoms with Crippen molar-refractivity contribution in [3.05, 3.63) is 199 Å². The molecule has 1 aliphatic heterocycles. The first kappa shape index (κ1) is 32.7. The minimum atomic E-state index is -0.0712. The fourth-order valence-corrected chi connectivity index (χ4v) is 10.7. The van der Waals surface area contributed by atoms with Crippen LogP contribution in [0, 0.1) is 0 Å². The number of thiophene rings is 1. The van der Waals surface area contributed by atoms with E-state index in [9.17, 15) is 0 Å². The van der Waals surface area contributed by atoms with Crippen molar-refractivity contribution in [2.24, 2.45) is 9.98 Å². The Bertz CT molecular complexity index is 3770. The molecule has 13 rings (SSSR count). The van der Waals surface area contributed by atoms with Gasteiger partial charge in [-0.25, -0.2) is 4.99 Å². The summed E-state index contributed by atoms with van der Waals surface area (Å²) >= 11 is 1.83. The zero-order chi connectivity index (χ0) is 38.6. The molecule has 5 heteroatoms. The molecule has 1 unspecified atom stereocenters. The highest BCUT2D eigenvalue weighted by Gasteiger charge is 2.25. The van der Waals surface area contributed by atoms with Crippen molar-refractivity contribution in [2.45, 2.75) is 12.5 Å². The molecule has 0 saturated carbocycles. The summed E-state index contributed by atoms with van der Waals surface area (Å²) in [5.41, 5.74) is 9.57. The van der Waals surface area contributed by atoms with Crippen molar-refractivity contribution in [2.75, 3.05) is 0 Å². The molecule has 12 aromatic rings. The van der Waals surface area contributed by atoms with Gasteiger partial charge in [-0.3, -0.25) is 4.99 Å². The molecular formula is C54H33N3OS. The number of aromatic nitrogens is 1. The number of furan rings is 1. The lowest BCUT2D eigenvalue weighted by Gasteiger charge is -2.22. The van der Waals surface area contributed by atoms with Gasteiger partial charge in [0.05, 0.1) is 33.9 Å². The molecule has 1 atom stereocenters. The Balaban J connectivity index is 1.05. The molecular weight excluding hydrogens is 739 g/mol. The molecule has 0 aliphatic carbocycles. The highest BCUT2D eigenvalue weighted by molar-refractivity contribution is 7.25. The van der Waals surface area contributed by atoms with Crippen LogP contribution in [0.4, 0.5) is 0 Å². The molecule has 276 valence electrons. The molecule has 0 bridgehead atoms. The number of hydrogen-bond donors (Lipinski definition) is 0. The minimum Gasteiger partial charge on any atom is -0.456 e. The lowest BCUT2D eigenvalue weighted by molar-refractivity contribution is 0.669. The van der Waals surface area contributed by atoms with Gasteiger partial charge < -0.3 is 8.98 Å². The average Bonchev–Trinajstić information content (AvgIpc) is 3.98. The van der Waals surface area contributed by atoms with E-state index < -0.39 is 0 Å². The summed E-state index contributed by atoms with van der Waals surface area (Å²) < 4.78 is 11.7. The van der Waals surface area contributed by atoms with Crippen molar-refractivity contribution in [3.8, 4) is 5.69 Å². The zero-order valence-electron chi connectivity index (χ0n) is 31.8. The molecule has 0 saturated heterocycles. The summed E-state index contributed by atoms with van der Waals surface area (Å²) in [6, 6.07) is 65.5. The van der Waals surface area contributed by atoms with Gasteiger partial charge >= 0.3 is 0 Å². The minimum absolute atomic E-state index is 0.0712. The summed E-state index contributed by atoms with van der Waals surface area (Å²) in [5, 5.41) is 11.9. The first-order valence-electron chi connectivity index (χ1n) is 20.2. The molecule has 0 radical (unpaired) electrons. The fraction of sp³-hybridized carbons (Fsp3) is 0.0370. The van der Waals surface area contributed by atoms with Crippen molar-refractivity contribution in [1.82, 2.24) is 4.57 Å². The van der Waals surface area contributed by atoms with Crippen molar-refractivity contribution >= 4 is 108 Å². The van der Waals surface area contributed by atoms with Gasteiger partial charge in [-0.1, -0.05) is 127 Å². The van der Waals surface area contributed by atoms with Gasteiger partial charge in [-0.2, -0.15) is 0 Å². The topological polar surface area (TPSA) is 42.8 Å². The van der Waals surface area contributed by atoms with E-state index in [0.29, 0.717) is 6.42 Å². The van der Waals surface area contributed by atoms with Crippen LogP contribution in [0.5, 0.6) is 0 Å². The van der Waals surface area contributed by atoms with Crippen LogP contribution in [-0.2, 0) is 0 Å². The zero-order valence-corrected chi connectivity index (χ0v) is 32.6. The molecule has 0 fully saturated rings. The lowest BCUT2D eigenvalue weighted by atomic mass is 9.93. The number of para-hydroxylation sites is 1. The van der Waals surface area contributed by atoms with Crippen molar-refractivity contribution < 1.29 is 4.42 Å². The summed E-state index contributed by atoms with van der Waals surface area (Å²) in [6.07, 6.45) is 0.696. The van der Waals surface area contributed by atoms with Crippen LogP contribution in [-0.4, -0.2) is 16.1 Å². The first-order valence-corrected chi connectivity index (χ1v) is 21.0. The third kappa shape index (κ3) is 4.95. The van der Waals surface area contributed by atoms with Crippen LogP contribution in [0.15, 0.2) is 196 Å². The lowest BCUT2D eigenvalue weighted by Crippen LogP contribution is -2.17. The quantitative estimate of drug-likeness (QED) is 0.176. The van der Waals surface area contributed by atoms with Gasteiger partial charge in [-0.05, 0) is 87.3 Å². The van der Waals surface area contributed by atoms with Crippen LogP contribution < -0.4 is 0 Å². The summed E-state index contributed by atoms with van der Waals surface area (Å²) in [6.45, 7) is 0. The van der Waals surface area contributed by atoms with Gasteiger partial charge in [0, 0.05) is 48.3 Å². The van der Waals surface area contributed by atoms with Gasteiger partial charge in [-0.15, -0.1) is 11.3 Å². The van der Waals surface area contributed by atoms with Crippen molar-refractivity contribution in [3.63, 3.8) is 0 Å². The van der Waals surface area contributed by atoms with Gasteiger partial charge in [0.25, 0.3) is 0 Å². The third-order valence-electron chi connectivity index (χ3n) is 12.3. The molecule has 9 aromatic carbocycles. The predicted molar refractivity (Wildman–Crippen MR) is 249 cm³/mol. The molecule has 4 heterocycles. The number of benzene rings is 9. The molecule has 1 aliphatic rings. The van der Waals surface area contributed by atoms with Gasteiger partial charge in [0.2, 0.25) is 0 Å². The number of fused-ring (bicyclic) bond motifs is 12. The van der Waals surface area contributed by atoms with E-state index in [2.05, 4.69) is 187 Å². The normalized spacial score (nSPS) is 14.7. The fourth-order valence-electron chi connectivity index (χ4n) is 9.62. The average molecular weight is 772 g/mol. The number of amidine groups is 1. The molecule has 4 nitrogen and oxygen atoms in total. The van der Waals surface area contributed by atoms with E-state index in [-0.39, 0.29) is 6.04 Å². The Kier molecular flexibility index (Phi) is 6.97. The maximum Gasteiger partial charge on any atom is 0.156 e. The van der Waals surface area contributed by atoms with Crippen LogP contribution in [0.2, 0.25) is 0 Å². The van der Waals surface area contributed by atoms with Crippen LogP contribution in [0.25, 0.3) is 91.1 Å². The van der Waals surface area contributed by atoms with E-state index in [4.69, 9.17) is 14.4 Å². The number of rotatable bonds is 4. The monoisotopic (exact) mass is 771 g/mol. The standard InChI is InChI=1S/C54H33N3OS/c1-2-12-33(13-3-1)42-31-43(56-54(55-42)39-18-10-23-50-51(39)38-17-7-9-22-49(38)59-50)36-25-24-32-26-27-48-52(40(32)29-36)53-45(20-11-21-47(53)58-48)57-44-19-8-6-16-37(44)41-28-34-14-4-5-15-35(34)30-46(41)57/h1-30,42H,31H2. The highest BCUT2D eigenvalue weighted by Crippen LogP contribution is 2.43. The van der Waals surface area contributed by atoms with E-state index >= 15 is 0 Å². The Morgan fingerprint density at radius 1 is 0.508 bits per heavy atom. The van der Waals surface area contributed by atoms with E-state index in [1.165, 1.54) is 58.3 Å². The highest BCUT2D eigenvalue weighted by atomic mass is 32.1. The molecule has 3 aromatic heterocycles. The summed E-state index contributed by atoms with van der Waals surface area (Å²) in [5.74, 6) is 0.780. The number of aliphatic imine (C=N–C) groups is 2. The molecule has 0 N–H and O–H groups in total. The summed E-state index contributed by atoms with van der Waals surface area (Å²) in [4.78, 5) is 10.9. The third-order valence-corrected chi connectivity index (χ3v) is 13.4. The molecule has 0 amide bonds. The van der Waals surface area contributed by atoms with Crippen LogP contribution in [0.1, 0.15) is 29.2 Å². The maximum absolute atomic E-state index is 6.74. The molecule has 59 heavy (non-hydrogen) atoms. The molecule has 0 spiro atoms. The predicted octanol–water partition coefficient (Wildman–Crippen LogP) is 14.7.